The first-order chi connectivity index (χ1) is 11.2. The van der Waals surface area contributed by atoms with E-state index in [4.69, 9.17) is 0 Å². The van der Waals surface area contributed by atoms with Crippen molar-refractivity contribution < 1.29 is 10.0 Å². The second kappa shape index (κ2) is 7.29. The van der Waals surface area contributed by atoms with Crippen LogP contribution in [-0.4, -0.2) is 42.5 Å². The minimum Gasteiger partial charge on any atom is -0.508 e. The third-order valence-corrected chi connectivity index (χ3v) is 4.26. The Morgan fingerprint density at radius 3 is 2.57 bits per heavy atom. The number of quaternary nitrogens is 1. The van der Waals surface area contributed by atoms with Gasteiger partial charge < -0.3 is 10.0 Å². The molecule has 3 rings (SSSR count). The molecule has 0 atom stereocenters. The third-order valence-electron chi connectivity index (χ3n) is 4.26. The molecule has 23 heavy (non-hydrogen) atoms. The van der Waals surface area contributed by atoms with Crippen LogP contribution in [0, 0.1) is 6.92 Å². The molecule has 0 aliphatic carbocycles. The highest BCUT2D eigenvalue weighted by molar-refractivity contribution is 5.79. The Morgan fingerprint density at radius 2 is 1.87 bits per heavy atom. The van der Waals surface area contributed by atoms with Gasteiger partial charge in [-0.25, -0.2) is 0 Å². The topological polar surface area (TPSA) is 40.3 Å². The van der Waals surface area contributed by atoms with Gasteiger partial charge in [-0.05, 0) is 24.6 Å². The van der Waals surface area contributed by atoms with E-state index in [1.54, 1.807) is 17.0 Å². The molecule has 1 aliphatic heterocycles. The fourth-order valence-corrected chi connectivity index (χ4v) is 2.85. The Labute approximate surface area is 137 Å². The predicted octanol–water partition coefficient (Wildman–Crippen LogP) is 1.44. The lowest BCUT2D eigenvalue weighted by atomic mass is 10.1. The average molecular weight is 310 g/mol. The number of nitrogens with one attached hydrogen (secondary N) is 1. The van der Waals surface area contributed by atoms with Crippen LogP contribution >= 0.6 is 0 Å². The van der Waals surface area contributed by atoms with Crippen LogP contribution in [0.25, 0.3) is 0 Å². The summed E-state index contributed by atoms with van der Waals surface area (Å²) >= 11 is 0. The number of phenolic OH excluding ortho intramolecular Hbond substituents is 1. The van der Waals surface area contributed by atoms with Crippen LogP contribution in [0.3, 0.4) is 0 Å². The molecule has 0 radical (unpaired) electrons. The molecular formula is C19H24N3O+. The molecule has 120 valence electrons. The highest BCUT2D eigenvalue weighted by atomic mass is 16.3. The summed E-state index contributed by atoms with van der Waals surface area (Å²) in [4.78, 5) is 1.61. The van der Waals surface area contributed by atoms with Gasteiger partial charge in [0.15, 0.2) is 0 Å². The number of rotatable bonds is 4. The molecule has 2 aromatic rings. The summed E-state index contributed by atoms with van der Waals surface area (Å²) in [5.41, 5.74) is 3.65. The van der Waals surface area contributed by atoms with Crippen molar-refractivity contribution >= 4 is 6.21 Å². The maximum absolute atomic E-state index is 9.46. The van der Waals surface area contributed by atoms with Crippen LogP contribution in [0.1, 0.15) is 16.7 Å². The van der Waals surface area contributed by atoms with E-state index in [2.05, 4.69) is 41.3 Å². The van der Waals surface area contributed by atoms with Gasteiger partial charge in [-0.15, -0.1) is 0 Å². The van der Waals surface area contributed by atoms with Gasteiger partial charge in [0, 0.05) is 5.56 Å². The summed E-state index contributed by atoms with van der Waals surface area (Å²) in [6.45, 7) is 7.35. The minimum absolute atomic E-state index is 0.279. The van der Waals surface area contributed by atoms with E-state index in [0.29, 0.717) is 0 Å². The van der Waals surface area contributed by atoms with Gasteiger partial charge in [-0.3, -0.25) is 5.01 Å². The average Bonchev–Trinajstić information content (AvgIpc) is 2.56. The lowest BCUT2D eigenvalue weighted by molar-refractivity contribution is -0.918. The number of hydrazone groups is 1. The highest BCUT2D eigenvalue weighted by Crippen LogP contribution is 2.09. The van der Waals surface area contributed by atoms with Crippen molar-refractivity contribution in [2.75, 3.05) is 26.2 Å². The normalized spacial score (nSPS) is 16.1. The van der Waals surface area contributed by atoms with E-state index >= 15 is 0 Å². The Morgan fingerprint density at radius 1 is 1.13 bits per heavy atom. The van der Waals surface area contributed by atoms with Crippen LogP contribution in [0.15, 0.2) is 53.6 Å². The Bertz CT molecular complexity index is 659. The molecule has 0 spiro atoms. The zero-order valence-electron chi connectivity index (χ0n) is 13.6. The number of hydrogen-bond donors (Lipinski definition) is 2. The number of hydrogen-bond acceptors (Lipinski definition) is 3. The number of nitrogens with zero attached hydrogens (tertiary/aromatic N) is 2. The summed E-state index contributed by atoms with van der Waals surface area (Å²) in [5.74, 6) is 0.279. The van der Waals surface area contributed by atoms with Crippen LogP contribution in [0.5, 0.6) is 5.75 Å². The summed E-state index contributed by atoms with van der Waals surface area (Å²) in [7, 11) is 0. The standard InChI is InChI=1S/C19H23N3O/c1-16-5-7-17(8-6-16)15-21-9-11-22(12-10-21)20-14-18-3-2-4-19(23)13-18/h2-8,13-14,23H,9-12,15H2,1H3/p+1/b20-14-. The molecule has 0 aromatic heterocycles. The maximum Gasteiger partial charge on any atom is 0.116 e. The molecule has 0 unspecified atom stereocenters. The van der Waals surface area contributed by atoms with Gasteiger partial charge in [0.2, 0.25) is 0 Å². The Balaban J connectivity index is 1.49. The molecule has 4 nitrogen and oxygen atoms in total. The van der Waals surface area contributed by atoms with Crippen molar-refractivity contribution in [3.8, 4) is 5.75 Å². The van der Waals surface area contributed by atoms with E-state index in [1.165, 1.54) is 11.1 Å². The summed E-state index contributed by atoms with van der Waals surface area (Å²) in [6, 6.07) is 16.0. The highest BCUT2D eigenvalue weighted by Gasteiger charge is 2.18. The molecular weight excluding hydrogens is 286 g/mol. The molecule has 1 saturated heterocycles. The number of piperazine rings is 1. The van der Waals surface area contributed by atoms with Gasteiger partial charge in [-0.2, -0.15) is 5.10 Å². The quantitative estimate of drug-likeness (QED) is 0.839. The van der Waals surface area contributed by atoms with Crippen molar-refractivity contribution in [2.24, 2.45) is 5.10 Å². The van der Waals surface area contributed by atoms with Gasteiger partial charge >= 0.3 is 0 Å². The first-order valence-corrected chi connectivity index (χ1v) is 8.16. The van der Waals surface area contributed by atoms with Crippen LogP contribution < -0.4 is 4.90 Å². The van der Waals surface area contributed by atoms with E-state index in [0.717, 1.165) is 38.3 Å². The van der Waals surface area contributed by atoms with Crippen molar-refractivity contribution in [3.05, 3.63) is 65.2 Å². The Kier molecular flexibility index (Phi) is 4.93. The third kappa shape index (κ3) is 4.57. The molecule has 0 bridgehead atoms. The molecule has 2 N–H and O–H groups in total. The number of benzene rings is 2. The minimum atomic E-state index is 0.279. The SMILES string of the molecule is Cc1ccc(C[NH+]2CCN(/N=C\c3cccc(O)c3)CC2)cc1. The van der Waals surface area contributed by atoms with E-state index < -0.39 is 0 Å². The van der Waals surface area contributed by atoms with Crippen molar-refractivity contribution in [2.45, 2.75) is 13.5 Å². The fraction of sp³-hybridized carbons (Fsp3) is 0.316. The molecule has 0 saturated carbocycles. The number of aryl methyl sites for hydroxylation is 1. The molecule has 0 amide bonds. The summed E-state index contributed by atoms with van der Waals surface area (Å²) < 4.78 is 0. The van der Waals surface area contributed by atoms with E-state index in [9.17, 15) is 5.11 Å². The first kappa shape index (κ1) is 15.6. The van der Waals surface area contributed by atoms with Gasteiger partial charge in [0.1, 0.15) is 12.3 Å². The monoisotopic (exact) mass is 310 g/mol. The summed E-state index contributed by atoms with van der Waals surface area (Å²) in [6.07, 6.45) is 1.82. The van der Waals surface area contributed by atoms with Crippen molar-refractivity contribution in [3.63, 3.8) is 0 Å². The number of phenols is 1. The molecule has 1 fully saturated rings. The van der Waals surface area contributed by atoms with E-state index in [-0.39, 0.29) is 5.75 Å². The second-order valence-corrected chi connectivity index (χ2v) is 6.21. The fourth-order valence-electron chi connectivity index (χ4n) is 2.85. The van der Waals surface area contributed by atoms with Crippen LogP contribution in [-0.2, 0) is 6.54 Å². The van der Waals surface area contributed by atoms with Crippen molar-refractivity contribution in [1.29, 1.82) is 0 Å². The predicted molar refractivity (Wildman–Crippen MR) is 92.9 cm³/mol. The molecule has 1 aliphatic rings. The lowest BCUT2D eigenvalue weighted by Crippen LogP contribution is -3.13. The maximum atomic E-state index is 9.46. The zero-order valence-corrected chi connectivity index (χ0v) is 13.6. The smallest absolute Gasteiger partial charge is 0.116 e. The van der Waals surface area contributed by atoms with Gasteiger partial charge in [0.25, 0.3) is 0 Å². The molecule has 1 heterocycles. The van der Waals surface area contributed by atoms with Gasteiger partial charge in [-0.1, -0.05) is 42.0 Å². The van der Waals surface area contributed by atoms with Crippen LogP contribution in [0.2, 0.25) is 0 Å². The second-order valence-electron chi connectivity index (χ2n) is 6.21. The molecule has 4 heteroatoms. The first-order valence-electron chi connectivity index (χ1n) is 8.16. The van der Waals surface area contributed by atoms with E-state index in [1.807, 2.05) is 18.3 Å². The summed E-state index contributed by atoms with van der Waals surface area (Å²) in [5, 5.41) is 16.1. The molecule has 2 aromatic carbocycles. The van der Waals surface area contributed by atoms with Crippen LogP contribution in [0.4, 0.5) is 0 Å². The number of aromatic hydroxyl groups is 1. The van der Waals surface area contributed by atoms with Gasteiger partial charge in [0.05, 0.1) is 32.4 Å². The lowest BCUT2D eigenvalue weighted by Gasteiger charge is -2.30. The largest absolute Gasteiger partial charge is 0.508 e. The zero-order chi connectivity index (χ0) is 16.1. The Hall–Kier alpha value is -2.33. The van der Waals surface area contributed by atoms with Crippen molar-refractivity contribution in [1.82, 2.24) is 5.01 Å².